The van der Waals surface area contributed by atoms with Gasteiger partial charge in [-0.2, -0.15) is 13.2 Å². The van der Waals surface area contributed by atoms with E-state index in [0.29, 0.717) is 6.20 Å². The molecule has 1 heterocycles. The number of alkyl halides is 3. The third-order valence-electron chi connectivity index (χ3n) is 2.89. The van der Waals surface area contributed by atoms with Gasteiger partial charge in [0.2, 0.25) is 5.88 Å². The summed E-state index contributed by atoms with van der Waals surface area (Å²) < 4.78 is 68.8. The summed E-state index contributed by atoms with van der Waals surface area (Å²) in [7, 11) is 0. The van der Waals surface area contributed by atoms with Crippen molar-refractivity contribution in [2.75, 3.05) is 13.2 Å². The van der Waals surface area contributed by atoms with Gasteiger partial charge in [-0.1, -0.05) is 6.07 Å². The van der Waals surface area contributed by atoms with Gasteiger partial charge in [0.05, 0.1) is 12.1 Å². The molecule has 0 aliphatic heterocycles. The van der Waals surface area contributed by atoms with E-state index in [0.717, 1.165) is 30.3 Å². The first-order valence-corrected chi connectivity index (χ1v) is 6.67. The van der Waals surface area contributed by atoms with Gasteiger partial charge in [0.25, 0.3) is 5.91 Å². The summed E-state index contributed by atoms with van der Waals surface area (Å²) in [6.07, 6.45) is -3.88. The Morgan fingerprint density at radius 1 is 1.12 bits per heavy atom. The van der Waals surface area contributed by atoms with Gasteiger partial charge in [-0.05, 0) is 18.2 Å². The average molecular weight is 346 g/mol. The summed E-state index contributed by atoms with van der Waals surface area (Å²) in [5.74, 6) is -3.04. The van der Waals surface area contributed by atoms with E-state index < -0.39 is 34.8 Å². The van der Waals surface area contributed by atoms with Gasteiger partial charge >= 0.3 is 6.18 Å². The minimum atomic E-state index is -4.50. The Labute approximate surface area is 133 Å². The summed E-state index contributed by atoms with van der Waals surface area (Å²) in [6, 6.07) is 4.85. The SMILES string of the molecule is O=C(NCCOc1ccc(C(F)(F)F)cn1)c1c(F)cccc1F. The number of ether oxygens (including phenoxy) is 1. The summed E-state index contributed by atoms with van der Waals surface area (Å²) in [5, 5.41) is 2.23. The minimum Gasteiger partial charge on any atom is -0.476 e. The smallest absolute Gasteiger partial charge is 0.417 e. The van der Waals surface area contributed by atoms with E-state index in [1.807, 2.05) is 0 Å². The molecule has 1 N–H and O–H groups in total. The standard InChI is InChI=1S/C15H11F5N2O2/c16-10-2-1-3-11(17)13(10)14(23)21-6-7-24-12-5-4-9(8-22-12)15(18,19)20/h1-5,8H,6-7H2,(H,21,23). The average Bonchev–Trinajstić information content (AvgIpc) is 2.51. The highest BCUT2D eigenvalue weighted by atomic mass is 19.4. The van der Waals surface area contributed by atoms with E-state index in [2.05, 4.69) is 10.3 Å². The lowest BCUT2D eigenvalue weighted by molar-refractivity contribution is -0.137. The van der Waals surface area contributed by atoms with Crippen LogP contribution in [-0.2, 0) is 6.18 Å². The summed E-state index contributed by atoms with van der Waals surface area (Å²) in [5.41, 5.74) is -1.64. The van der Waals surface area contributed by atoms with Crippen LogP contribution in [0.2, 0.25) is 0 Å². The summed E-state index contributed by atoms with van der Waals surface area (Å²) in [4.78, 5) is 15.1. The zero-order chi connectivity index (χ0) is 17.7. The molecule has 0 aliphatic rings. The topological polar surface area (TPSA) is 51.2 Å². The molecule has 0 unspecified atom stereocenters. The molecule has 0 bridgehead atoms. The molecule has 4 nitrogen and oxygen atoms in total. The number of amides is 1. The van der Waals surface area contributed by atoms with Crippen molar-refractivity contribution in [3.63, 3.8) is 0 Å². The molecule has 1 aromatic heterocycles. The maximum absolute atomic E-state index is 13.4. The Kier molecular flexibility index (Phi) is 5.32. The Bertz CT molecular complexity index is 697. The molecule has 128 valence electrons. The highest BCUT2D eigenvalue weighted by Crippen LogP contribution is 2.29. The van der Waals surface area contributed by atoms with Gasteiger partial charge in [-0.25, -0.2) is 13.8 Å². The Hall–Kier alpha value is -2.71. The van der Waals surface area contributed by atoms with E-state index in [1.54, 1.807) is 0 Å². The van der Waals surface area contributed by atoms with Crippen molar-refractivity contribution in [3.8, 4) is 5.88 Å². The fraction of sp³-hybridized carbons (Fsp3) is 0.200. The molecule has 0 saturated carbocycles. The zero-order valence-electron chi connectivity index (χ0n) is 12.0. The van der Waals surface area contributed by atoms with Crippen LogP contribution in [0.5, 0.6) is 5.88 Å². The predicted octanol–water partition coefficient (Wildman–Crippen LogP) is 3.19. The summed E-state index contributed by atoms with van der Waals surface area (Å²) >= 11 is 0. The van der Waals surface area contributed by atoms with Crippen LogP contribution < -0.4 is 10.1 Å². The number of nitrogens with zero attached hydrogens (tertiary/aromatic N) is 1. The third-order valence-corrected chi connectivity index (χ3v) is 2.89. The maximum Gasteiger partial charge on any atom is 0.417 e. The Balaban J connectivity index is 1.84. The maximum atomic E-state index is 13.4. The van der Waals surface area contributed by atoms with Crippen molar-refractivity contribution in [1.82, 2.24) is 10.3 Å². The summed E-state index contributed by atoms with van der Waals surface area (Å²) in [6.45, 7) is -0.254. The quantitative estimate of drug-likeness (QED) is 0.668. The lowest BCUT2D eigenvalue weighted by Crippen LogP contribution is -2.29. The molecule has 0 radical (unpaired) electrons. The molecule has 1 amide bonds. The molecule has 0 saturated heterocycles. The fourth-order valence-electron chi connectivity index (χ4n) is 1.76. The molecule has 2 rings (SSSR count). The third kappa shape index (κ3) is 4.40. The van der Waals surface area contributed by atoms with Crippen LogP contribution in [0, 0.1) is 11.6 Å². The van der Waals surface area contributed by atoms with E-state index in [9.17, 15) is 26.7 Å². The number of nitrogens with one attached hydrogen (secondary N) is 1. The number of hydrogen-bond donors (Lipinski definition) is 1. The van der Waals surface area contributed by atoms with Crippen LogP contribution in [-0.4, -0.2) is 24.0 Å². The number of pyridine rings is 1. The van der Waals surface area contributed by atoms with Crippen molar-refractivity contribution < 1.29 is 31.5 Å². The van der Waals surface area contributed by atoms with Crippen molar-refractivity contribution in [1.29, 1.82) is 0 Å². The zero-order valence-corrected chi connectivity index (χ0v) is 12.0. The second-order valence-electron chi connectivity index (χ2n) is 4.58. The molecule has 0 fully saturated rings. The molecular formula is C15H11F5N2O2. The number of carbonyl (C=O) groups is 1. The lowest BCUT2D eigenvalue weighted by Gasteiger charge is -2.09. The van der Waals surface area contributed by atoms with E-state index in [4.69, 9.17) is 4.74 Å². The molecule has 0 atom stereocenters. The van der Waals surface area contributed by atoms with Crippen molar-refractivity contribution in [3.05, 3.63) is 59.3 Å². The normalized spacial score (nSPS) is 11.2. The van der Waals surface area contributed by atoms with E-state index in [1.165, 1.54) is 0 Å². The monoisotopic (exact) mass is 346 g/mol. The van der Waals surface area contributed by atoms with Gasteiger partial charge in [0, 0.05) is 12.3 Å². The van der Waals surface area contributed by atoms with E-state index >= 15 is 0 Å². The minimum absolute atomic E-state index is 0.0747. The van der Waals surface area contributed by atoms with Crippen LogP contribution >= 0.6 is 0 Å². The first-order valence-electron chi connectivity index (χ1n) is 6.67. The number of carbonyl (C=O) groups excluding carboxylic acids is 1. The number of hydrogen-bond acceptors (Lipinski definition) is 3. The van der Waals surface area contributed by atoms with Crippen LogP contribution in [0.25, 0.3) is 0 Å². The molecule has 0 spiro atoms. The molecular weight excluding hydrogens is 335 g/mol. The van der Waals surface area contributed by atoms with Gasteiger partial charge in [0.1, 0.15) is 23.8 Å². The molecule has 1 aromatic carbocycles. The highest BCUT2D eigenvalue weighted by Gasteiger charge is 2.30. The first kappa shape index (κ1) is 17.6. The first-order chi connectivity index (χ1) is 11.3. The number of halogens is 5. The van der Waals surface area contributed by atoms with Gasteiger partial charge in [-0.15, -0.1) is 0 Å². The molecule has 24 heavy (non-hydrogen) atoms. The Morgan fingerprint density at radius 2 is 1.79 bits per heavy atom. The number of rotatable bonds is 5. The highest BCUT2D eigenvalue weighted by molar-refractivity contribution is 5.94. The Morgan fingerprint density at radius 3 is 2.33 bits per heavy atom. The predicted molar refractivity (Wildman–Crippen MR) is 73.4 cm³/mol. The second-order valence-corrected chi connectivity index (χ2v) is 4.58. The van der Waals surface area contributed by atoms with Crippen LogP contribution in [0.1, 0.15) is 15.9 Å². The van der Waals surface area contributed by atoms with Gasteiger partial charge < -0.3 is 10.1 Å². The second kappa shape index (κ2) is 7.24. The number of benzene rings is 1. The molecule has 2 aromatic rings. The van der Waals surface area contributed by atoms with Crippen LogP contribution in [0.3, 0.4) is 0 Å². The van der Waals surface area contributed by atoms with E-state index in [-0.39, 0.29) is 19.0 Å². The van der Waals surface area contributed by atoms with Crippen molar-refractivity contribution in [2.45, 2.75) is 6.18 Å². The van der Waals surface area contributed by atoms with Crippen molar-refractivity contribution >= 4 is 5.91 Å². The molecule has 9 heteroatoms. The van der Waals surface area contributed by atoms with Crippen molar-refractivity contribution in [2.24, 2.45) is 0 Å². The number of aromatic nitrogens is 1. The van der Waals surface area contributed by atoms with Gasteiger partial charge in [0.15, 0.2) is 0 Å². The molecule has 0 aliphatic carbocycles. The van der Waals surface area contributed by atoms with Crippen LogP contribution in [0.15, 0.2) is 36.5 Å². The fourth-order valence-corrected chi connectivity index (χ4v) is 1.76. The van der Waals surface area contributed by atoms with Crippen LogP contribution in [0.4, 0.5) is 22.0 Å². The lowest BCUT2D eigenvalue weighted by atomic mass is 10.2. The largest absolute Gasteiger partial charge is 0.476 e. The van der Waals surface area contributed by atoms with Gasteiger partial charge in [-0.3, -0.25) is 4.79 Å².